The average molecular weight is 346 g/mol. The molecule has 1 unspecified atom stereocenters. The van der Waals surface area contributed by atoms with E-state index >= 15 is 0 Å². The molecule has 0 aliphatic carbocycles. The van der Waals surface area contributed by atoms with Gasteiger partial charge in [-0.25, -0.2) is 0 Å². The number of hydrogen-bond donors (Lipinski definition) is 2. The standard InChI is InChI=1S/C19H26N2O4/c1-13(2)12-16(17(23)20-10-6-3-7-11-22)21-18(24)14-8-4-5-9-15(14)19(21)25/h4-5,8-9,13,16,22H,3,6-7,10-12H2,1-2H3,(H,20,23). The number of benzene rings is 1. The molecular formula is C19H26N2O4. The Balaban J connectivity index is 2.11. The van der Waals surface area contributed by atoms with Gasteiger partial charge in [0.15, 0.2) is 0 Å². The fourth-order valence-corrected chi connectivity index (χ4v) is 3.01. The Labute approximate surface area is 148 Å². The van der Waals surface area contributed by atoms with Crippen LogP contribution in [0.25, 0.3) is 0 Å². The molecule has 1 heterocycles. The second kappa shape index (κ2) is 8.76. The average Bonchev–Trinajstić information content (AvgIpc) is 2.84. The molecular weight excluding hydrogens is 320 g/mol. The van der Waals surface area contributed by atoms with Crippen molar-refractivity contribution in [1.82, 2.24) is 10.2 Å². The molecule has 6 nitrogen and oxygen atoms in total. The Morgan fingerprint density at radius 2 is 1.68 bits per heavy atom. The third-order valence-electron chi connectivity index (χ3n) is 4.27. The molecule has 0 radical (unpaired) electrons. The fourth-order valence-electron chi connectivity index (χ4n) is 3.01. The minimum absolute atomic E-state index is 0.138. The highest BCUT2D eigenvalue weighted by molar-refractivity contribution is 6.22. The van der Waals surface area contributed by atoms with Gasteiger partial charge in [-0.05, 0) is 43.7 Å². The molecule has 0 saturated heterocycles. The topological polar surface area (TPSA) is 86.7 Å². The summed E-state index contributed by atoms with van der Waals surface area (Å²) < 4.78 is 0. The van der Waals surface area contributed by atoms with Crippen molar-refractivity contribution in [2.45, 2.75) is 45.6 Å². The maximum Gasteiger partial charge on any atom is 0.262 e. The first-order valence-electron chi connectivity index (χ1n) is 8.82. The lowest BCUT2D eigenvalue weighted by molar-refractivity contribution is -0.125. The molecule has 0 saturated carbocycles. The maximum atomic E-state index is 12.6. The van der Waals surface area contributed by atoms with Crippen molar-refractivity contribution in [1.29, 1.82) is 0 Å². The summed E-state index contributed by atoms with van der Waals surface area (Å²) >= 11 is 0. The molecule has 1 aromatic carbocycles. The predicted octanol–water partition coefficient (Wildman–Crippen LogP) is 1.98. The molecule has 0 fully saturated rings. The molecule has 2 N–H and O–H groups in total. The third-order valence-corrected chi connectivity index (χ3v) is 4.27. The Kier molecular flexibility index (Phi) is 6.70. The van der Waals surface area contributed by atoms with Crippen LogP contribution in [0.4, 0.5) is 0 Å². The third kappa shape index (κ3) is 4.45. The zero-order chi connectivity index (χ0) is 18.4. The van der Waals surface area contributed by atoms with Gasteiger partial charge in [0.2, 0.25) is 5.91 Å². The molecule has 25 heavy (non-hydrogen) atoms. The van der Waals surface area contributed by atoms with E-state index in [0.717, 1.165) is 17.7 Å². The summed E-state index contributed by atoms with van der Waals surface area (Å²) in [4.78, 5) is 39.0. The number of amides is 3. The number of hydrogen-bond acceptors (Lipinski definition) is 4. The summed E-state index contributed by atoms with van der Waals surface area (Å²) in [6.07, 6.45) is 2.69. The smallest absolute Gasteiger partial charge is 0.262 e. The highest BCUT2D eigenvalue weighted by Gasteiger charge is 2.42. The van der Waals surface area contributed by atoms with E-state index in [2.05, 4.69) is 5.32 Å². The van der Waals surface area contributed by atoms with Crippen LogP contribution >= 0.6 is 0 Å². The second-order valence-electron chi connectivity index (χ2n) is 6.75. The molecule has 1 atom stereocenters. The number of rotatable bonds is 9. The van der Waals surface area contributed by atoms with Gasteiger partial charge in [0.05, 0.1) is 11.1 Å². The number of imide groups is 1. The number of fused-ring (bicyclic) bond motifs is 1. The van der Waals surface area contributed by atoms with Crippen LogP contribution in [0.1, 0.15) is 60.2 Å². The number of unbranched alkanes of at least 4 members (excludes halogenated alkanes) is 2. The van der Waals surface area contributed by atoms with E-state index < -0.39 is 17.9 Å². The predicted molar refractivity (Wildman–Crippen MR) is 94.1 cm³/mol. The van der Waals surface area contributed by atoms with E-state index in [4.69, 9.17) is 5.11 Å². The first-order chi connectivity index (χ1) is 12.0. The number of nitrogens with one attached hydrogen (secondary N) is 1. The molecule has 0 aromatic heterocycles. The van der Waals surface area contributed by atoms with Crippen molar-refractivity contribution in [2.24, 2.45) is 5.92 Å². The zero-order valence-electron chi connectivity index (χ0n) is 14.8. The quantitative estimate of drug-likeness (QED) is 0.529. The van der Waals surface area contributed by atoms with Crippen LogP contribution in [0.3, 0.4) is 0 Å². The van der Waals surface area contributed by atoms with Crippen molar-refractivity contribution in [3.8, 4) is 0 Å². The number of aliphatic hydroxyl groups is 1. The van der Waals surface area contributed by atoms with Crippen molar-refractivity contribution in [3.05, 3.63) is 35.4 Å². The molecule has 3 amide bonds. The van der Waals surface area contributed by atoms with Crippen LogP contribution in [0.5, 0.6) is 0 Å². The Bertz CT molecular complexity index is 607. The van der Waals surface area contributed by atoms with Crippen LogP contribution in [-0.2, 0) is 4.79 Å². The van der Waals surface area contributed by atoms with Crippen molar-refractivity contribution < 1.29 is 19.5 Å². The van der Waals surface area contributed by atoms with Gasteiger partial charge < -0.3 is 10.4 Å². The highest BCUT2D eigenvalue weighted by atomic mass is 16.3. The monoisotopic (exact) mass is 346 g/mol. The molecule has 136 valence electrons. The van der Waals surface area contributed by atoms with Crippen LogP contribution < -0.4 is 5.32 Å². The highest BCUT2D eigenvalue weighted by Crippen LogP contribution is 2.26. The summed E-state index contributed by atoms with van der Waals surface area (Å²) in [7, 11) is 0. The molecule has 6 heteroatoms. The van der Waals surface area contributed by atoms with Gasteiger partial charge in [-0.15, -0.1) is 0 Å². The molecule has 2 rings (SSSR count). The van der Waals surface area contributed by atoms with E-state index in [-0.39, 0.29) is 18.4 Å². The van der Waals surface area contributed by atoms with Crippen LogP contribution in [0.2, 0.25) is 0 Å². The van der Waals surface area contributed by atoms with Crippen molar-refractivity contribution in [2.75, 3.05) is 13.2 Å². The van der Waals surface area contributed by atoms with Crippen LogP contribution in [0, 0.1) is 5.92 Å². The fraction of sp³-hybridized carbons (Fsp3) is 0.526. The van der Waals surface area contributed by atoms with Gasteiger partial charge in [-0.3, -0.25) is 19.3 Å². The SMILES string of the molecule is CC(C)CC(C(=O)NCCCCCO)N1C(=O)c2ccccc2C1=O. The van der Waals surface area contributed by atoms with Gasteiger partial charge in [0.1, 0.15) is 6.04 Å². The first kappa shape index (κ1) is 19.1. The summed E-state index contributed by atoms with van der Waals surface area (Å²) in [6, 6.07) is 5.87. The van der Waals surface area contributed by atoms with Crippen molar-refractivity contribution in [3.63, 3.8) is 0 Å². The van der Waals surface area contributed by atoms with Gasteiger partial charge in [0.25, 0.3) is 11.8 Å². The van der Waals surface area contributed by atoms with Crippen LogP contribution in [0.15, 0.2) is 24.3 Å². The molecule has 1 aromatic rings. The number of carbonyl (C=O) groups is 3. The first-order valence-corrected chi connectivity index (χ1v) is 8.82. The summed E-state index contributed by atoms with van der Waals surface area (Å²) in [6.45, 7) is 4.52. The normalized spacial score (nSPS) is 14.8. The Hall–Kier alpha value is -2.21. The number of nitrogens with zero attached hydrogens (tertiary/aromatic N) is 1. The number of carbonyl (C=O) groups excluding carboxylic acids is 3. The van der Waals surface area contributed by atoms with E-state index in [0.29, 0.717) is 30.5 Å². The summed E-state index contributed by atoms with van der Waals surface area (Å²) in [5, 5.41) is 11.6. The molecule has 0 bridgehead atoms. The lowest BCUT2D eigenvalue weighted by Crippen LogP contribution is -2.50. The Morgan fingerprint density at radius 3 is 2.20 bits per heavy atom. The lowest BCUT2D eigenvalue weighted by Gasteiger charge is -2.26. The molecule has 1 aliphatic rings. The van der Waals surface area contributed by atoms with Gasteiger partial charge in [0, 0.05) is 13.2 Å². The van der Waals surface area contributed by atoms with Crippen LogP contribution in [-0.4, -0.2) is 46.9 Å². The van der Waals surface area contributed by atoms with Gasteiger partial charge in [-0.1, -0.05) is 26.0 Å². The minimum atomic E-state index is -0.801. The molecule has 0 spiro atoms. The van der Waals surface area contributed by atoms with Gasteiger partial charge >= 0.3 is 0 Å². The maximum absolute atomic E-state index is 12.6. The van der Waals surface area contributed by atoms with E-state index in [1.54, 1.807) is 24.3 Å². The minimum Gasteiger partial charge on any atom is -0.396 e. The lowest BCUT2D eigenvalue weighted by atomic mass is 10.0. The van der Waals surface area contributed by atoms with E-state index in [1.807, 2.05) is 13.8 Å². The van der Waals surface area contributed by atoms with E-state index in [1.165, 1.54) is 0 Å². The number of aliphatic hydroxyl groups excluding tert-OH is 1. The van der Waals surface area contributed by atoms with Crippen molar-refractivity contribution >= 4 is 17.7 Å². The van der Waals surface area contributed by atoms with E-state index in [9.17, 15) is 14.4 Å². The zero-order valence-corrected chi connectivity index (χ0v) is 14.8. The second-order valence-corrected chi connectivity index (χ2v) is 6.75. The largest absolute Gasteiger partial charge is 0.396 e. The Morgan fingerprint density at radius 1 is 1.08 bits per heavy atom. The summed E-state index contributed by atoms with van der Waals surface area (Å²) in [5.74, 6) is -0.940. The van der Waals surface area contributed by atoms with Gasteiger partial charge in [-0.2, -0.15) is 0 Å². The summed E-state index contributed by atoms with van der Waals surface area (Å²) in [5.41, 5.74) is 0.717. The molecule has 1 aliphatic heterocycles.